The highest BCUT2D eigenvalue weighted by Gasteiger charge is 2.25. The Hall–Kier alpha value is -3.96. The molecular formula is C30H37ClFN5O5. The summed E-state index contributed by atoms with van der Waals surface area (Å²) in [4.78, 5) is 41.7. The summed E-state index contributed by atoms with van der Waals surface area (Å²) in [6, 6.07) is 14.8. The molecule has 2 N–H and O–H groups in total. The molecule has 10 nitrogen and oxygen atoms in total. The topological polar surface area (TPSA) is 117 Å². The van der Waals surface area contributed by atoms with Gasteiger partial charge in [0, 0.05) is 57.7 Å². The molecule has 4 rings (SSSR count). The van der Waals surface area contributed by atoms with E-state index in [0.717, 1.165) is 18.7 Å². The number of halogens is 2. The molecule has 1 saturated heterocycles. The first kappa shape index (κ1) is 32.6. The number of ether oxygens (including phenoxy) is 1. The molecule has 2 aromatic carbocycles. The second kappa shape index (κ2) is 15.9. The van der Waals surface area contributed by atoms with Crippen molar-refractivity contribution in [1.82, 2.24) is 20.3 Å². The van der Waals surface area contributed by atoms with E-state index in [1.54, 1.807) is 30.1 Å². The Morgan fingerprint density at radius 3 is 2.62 bits per heavy atom. The van der Waals surface area contributed by atoms with Crippen LogP contribution in [-0.2, 0) is 20.7 Å². The van der Waals surface area contributed by atoms with Crippen molar-refractivity contribution in [3.63, 3.8) is 0 Å². The van der Waals surface area contributed by atoms with Crippen LogP contribution in [0.1, 0.15) is 32.3 Å². The van der Waals surface area contributed by atoms with Crippen molar-refractivity contribution >= 4 is 35.3 Å². The van der Waals surface area contributed by atoms with Gasteiger partial charge in [0.2, 0.25) is 11.8 Å². The molecule has 1 aliphatic rings. The van der Waals surface area contributed by atoms with Crippen molar-refractivity contribution < 1.29 is 28.0 Å². The number of anilines is 1. The molecule has 1 fully saturated rings. The number of nitrogens with one attached hydrogen (secondary N) is 2. The van der Waals surface area contributed by atoms with E-state index in [2.05, 4.69) is 15.8 Å². The van der Waals surface area contributed by atoms with E-state index in [-0.39, 0.29) is 56.0 Å². The summed E-state index contributed by atoms with van der Waals surface area (Å²) in [6.07, 6.45) is 0.00999. The summed E-state index contributed by atoms with van der Waals surface area (Å²) in [5, 5.41) is 9.59. The number of hydrogen-bond acceptors (Lipinski definition) is 7. The number of likely N-dealkylation sites (N-methyl/N-ethyl adjacent to an activating group) is 1. The lowest BCUT2D eigenvalue weighted by molar-refractivity contribution is -0.135. The maximum Gasteiger partial charge on any atom is 0.412 e. The molecule has 3 amide bonds. The van der Waals surface area contributed by atoms with Crippen LogP contribution in [0.2, 0.25) is 5.02 Å². The number of piperazine rings is 1. The molecule has 3 aromatic rings. The molecule has 42 heavy (non-hydrogen) atoms. The minimum absolute atomic E-state index is 0. The highest BCUT2D eigenvalue weighted by Crippen LogP contribution is 2.23. The highest BCUT2D eigenvalue weighted by molar-refractivity contribution is 6.31. The largest absolute Gasteiger partial charge is 0.447 e. The summed E-state index contributed by atoms with van der Waals surface area (Å²) >= 11 is 6.04. The van der Waals surface area contributed by atoms with E-state index < -0.39 is 18.0 Å². The number of nitrogens with zero attached hydrogens (tertiary/aromatic N) is 3. The van der Waals surface area contributed by atoms with Crippen LogP contribution in [0.5, 0.6) is 0 Å². The smallest absolute Gasteiger partial charge is 0.412 e. The molecule has 1 atom stereocenters. The fourth-order valence-electron chi connectivity index (χ4n) is 4.50. The van der Waals surface area contributed by atoms with Gasteiger partial charge in [0.25, 0.3) is 0 Å². The molecule has 226 valence electrons. The predicted molar refractivity (Wildman–Crippen MR) is 159 cm³/mol. The lowest BCUT2D eigenvalue weighted by atomic mass is 10.1. The lowest BCUT2D eigenvalue weighted by Gasteiger charge is -2.30. The van der Waals surface area contributed by atoms with Crippen LogP contribution in [0.25, 0.3) is 11.3 Å². The predicted octanol–water partition coefficient (Wildman–Crippen LogP) is 4.99. The molecular weight excluding hydrogens is 565 g/mol. The third-order valence-electron chi connectivity index (χ3n) is 6.95. The van der Waals surface area contributed by atoms with Crippen molar-refractivity contribution in [2.45, 2.75) is 39.2 Å². The van der Waals surface area contributed by atoms with Gasteiger partial charge in [0.1, 0.15) is 12.4 Å². The number of rotatable bonds is 11. The van der Waals surface area contributed by atoms with E-state index in [4.69, 9.17) is 20.9 Å². The van der Waals surface area contributed by atoms with E-state index in [1.807, 2.05) is 30.3 Å². The van der Waals surface area contributed by atoms with Crippen molar-refractivity contribution in [2.75, 3.05) is 45.2 Å². The molecule has 1 aromatic heterocycles. The Morgan fingerprint density at radius 2 is 1.88 bits per heavy atom. The molecule has 1 aliphatic heterocycles. The zero-order valence-corrected chi connectivity index (χ0v) is 23.5. The van der Waals surface area contributed by atoms with Gasteiger partial charge < -0.3 is 24.4 Å². The minimum Gasteiger partial charge on any atom is -0.447 e. The SMILES string of the molecule is C.CN(C(=O)CCc1cccc(F)c1Cl)[C@@H](CCC(=O)N1CCNCC1)COC(=O)Nc1cc(-c2ccccc2)on1. The van der Waals surface area contributed by atoms with Crippen LogP contribution >= 0.6 is 11.6 Å². The Kier molecular flexibility index (Phi) is 12.3. The normalized spacial score (nSPS) is 13.5. The second-order valence-corrected chi connectivity index (χ2v) is 10.1. The fourth-order valence-corrected chi connectivity index (χ4v) is 4.72. The van der Waals surface area contributed by atoms with E-state index in [9.17, 15) is 18.8 Å². The van der Waals surface area contributed by atoms with Crippen LogP contribution in [0.4, 0.5) is 15.0 Å². The van der Waals surface area contributed by atoms with Gasteiger partial charge in [-0.25, -0.2) is 9.18 Å². The summed E-state index contributed by atoms with van der Waals surface area (Å²) in [7, 11) is 1.60. The molecule has 2 heterocycles. The summed E-state index contributed by atoms with van der Waals surface area (Å²) in [5.74, 6) is -0.163. The second-order valence-electron chi connectivity index (χ2n) is 9.71. The number of aryl methyl sites for hydroxylation is 1. The Balaban J connectivity index is 0.00000484. The van der Waals surface area contributed by atoms with Gasteiger partial charge in [0.15, 0.2) is 11.6 Å². The Bertz CT molecular complexity index is 1330. The number of hydrogen-bond donors (Lipinski definition) is 2. The number of aromatic nitrogens is 1. The number of carbonyl (C=O) groups is 3. The van der Waals surface area contributed by atoms with Gasteiger partial charge in [-0.2, -0.15) is 0 Å². The third kappa shape index (κ3) is 9.02. The maximum absolute atomic E-state index is 13.8. The Labute approximate surface area is 250 Å². The molecule has 0 bridgehead atoms. The fraction of sp³-hybridized carbons (Fsp3) is 0.400. The average Bonchev–Trinajstić information content (AvgIpc) is 3.46. The van der Waals surface area contributed by atoms with Crippen LogP contribution < -0.4 is 10.6 Å². The molecule has 0 spiro atoms. The standard InChI is InChI=1S/C29H33ClFN5O5.CH4/c1-35(26(37)12-10-21-8-5-9-23(31)28(21)30)22(11-13-27(38)36-16-14-32-15-17-36)19-40-29(39)33-25-18-24(41-34-25)20-6-3-2-4-7-20;/h2-9,18,22,32H,10-17,19H2,1H3,(H,33,34,39);1H4/t22-;/m0./s1. The molecule has 0 unspecified atom stereocenters. The molecule has 0 saturated carbocycles. The van der Waals surface area contributed by atoms with Gasteiger partial charge in [-0.3, -0.25) is 14.9 Å². The van der Waals surface area contributed by atoms with Crippen LogP contribution in [0.3, 0.4) is 0 Å². The first-order chi connectivity index (χ1) is 19.8. The number of amides is 3. The third-order valence-corrected chi connectivity index (χ3v) is 7.37. The summed E-state index contributed by atoms with van der Waals surface area (Å²) < 4.78 is 24.5. The zero-order chi connectivity index (χ0) is 29.2. The van der Waals surface area contributed by atoms with Gasteiger partial charge in [-0.15, -0.1) is 0 Å². The van der Waals surface area contributed by atoms with E-state index in [1.165, 1.54) is 11.0 Å². The summed E-state index contributed by atoms with van der Waals surface area (Å²) in [5.41, 5.74) is 1.33. The first-order valence-electron chi connectivity index (χ1n) is 13.4. The van der Waals surface area contributed by atoms with Crippen molar-refractivity contribution in [1.29, 1.82) is 0 Å². The van der Waals surface area contributed by atoms with Crippen molar-refractivity contribution in [3.05, 3.63) is 71.0 Å². The van der Waals surface area contributed by atoms with Gasteiger partial charge in [0.05, 0.1) is 11.1 Å². The van der Waals surface area contributed by atoms with Gasteiger partial charge in [-0.1, -0.05) is 66.6 Å². The number of carbonyl (C=O) groups excluding carboxylic acids is 3. The number of benzene rings is 2. The lowest BCUT2D eigenvalue weighted by Crippen LogP contribution is -2.47. The zero-order valence-electron chi connectivity index (χ0n) is 22.8. The Morgan fingerprint density at radius 1 is 1.14 bits per heavy atom. The van der Waals surface area contributed by atoms with Crippen molar-refractivity contribution in [3.8, 4) is 11.3 Å². The quantitative estimate of drug-likeness (QED) is 0.318. The highest BCUT2D eigenvalue weighted by atomic mass is 35.5. The minimum atomic E-state index is -0.774. The van der Waals surface area contributed by atoms with Crippen LogP contribution in [-0.4, -0.2) is 78.7 Å². The molecule has 0 aliphatic carbocycles. The molecule has 0 radical (unpaired) electrons. The average molecular weight is 602 g/mol. The van der Waals surface area contributed by atoms with Gasteiger partial charge in [-0.05, 0) is 24.5 Å². The van der Waals surface area contributed by atoms with E-state index >= 15 is 0 Å². The van der Waals surface area contributed by atoms with Gasteiger partial charge >= 0.3 is 6.09 Å². The monoisotopic (exact) mass is 601 g/mol. The maximum atomic E-state index is 13.8. The van der Waals surface area contributed by atoms with Crippen LogP contribution in [0, 0.1) is 5.82 Å². The first-order valence-corrected chi connectivity index (χ1v) is 13.8. The summed E-state index contributed by atoms with van der Waals surface area (Å²) in [6.45, 7) is 2.55. The molecule has 12 heteroatoms. The van der Waals surface area contributed by atoms with E-state index in [0.29, 0.717) is 30.8 Å². The van der Waals surface area contributed by atoms with Crippen molar-refractivity contribution in [2.24, 2.45) is 0 Å². The van der Waals surface area contributed by atoms with Crippen LogP contribution in [0.15, 0.2) is 59.1 Å².